The van der Waals surface area contributed by atoms with Gasteiger partial charge in [-0.05, 0) is 36.2 Å². The number of carbonyl (C=O) groups excluding carboxylic acids is 3. The number of nitrogens with zero attached hydrogens (tertiary/aromatic N) is 2. The van der Waals surface area contributed by atoms with Crippen LogP contribution in [0.15, 0.2) is 72.8 Å². The molecule has 7 nitrogen and oxygen atoms in total. The van der Waals surface area contributed by atoms with Crippen LogP contribution in [-0.4, -0.2) is 34.4 Å². The number of hydrogen-bond acceptors (Lipinski definition) is 6. The van der Waals surface area contributed by atoms with Crippen LogP contribution in [0.25, 0.3) is 6.08 Å². The fourth-order valence-electron chi connectivity index (χ4n) is 6.28. The van der Waals surface area contributed by atoms with Crippen molar-refractivity contribution in [1.29, 1.82) is 0 Å². The molecule has 3 aromatic rings. The third kappa shape index (κ3) is 2.77. The average Bonchev–Trinajstić information content (AvgIpc) is 3.30. The van der Waals surface area contributed by atoms with Gasteiger partial charge in [-0.3, -0.25) is 24.5 Å². The molecule has 2 aliphatic heterocycles. The largest absolute Gasteiger partial charge is 0.352 e. The zero-order valence-corrected chi connectivity index (χ0v) is 19.8. The fraction of sp³-hybridized carbons (Fsp3) is 0.179. The van der Waals surface area contributed by atoms with Gasteiger partial charge >= 0.3 is 0 Å². The maximum atomic E-state index is 14.3. The van der Waals surface area contributed by atoms with Crippen molar-refractivity contribution < 1.29 is 19.3 Å². The zero-order valence-electron chi connectivity index (χ0n) is 19.1. The van der Waals surface area contributed by atoms with Crippen molar-refractivity contribution in [3.8, 4) is 0 Å². The number of fused-ring (bicyclic) bond motifs is 5. The molecule has 0 N–H and O–H groups in total. The van der Waals surface area contributed by atoms with E-state index >= 15 is 0 Å². The van der Waals surface area contributed by atoms with Crippen molar-refractivity contribution in [2.45, 2.75) is 24.9 Å². The molecule has 6 rings (SSSR count). The molecule has 36 heavy (non-hydrogen) atoms. The molecule has 2 heterocycles. The number of benzene rings is 3. The van der Waals surface area contributed by atoms with Gasteiger partial charge in [0.1, 0.15) is 5.41 Å². The molecule has 0 aromatic heterocycles. The minimum Gasteiger partial charge on any atom is -0.352 e. The number of halogens is 1. The van der Waals surface area contributed by atoms with Crippen molar-refractivity contribution >= 4 is 46.4 Å². The van der Waals surface area contributed by atoms with Crippen molar-refractivity contribution in [3.63, 3.8) is 0 Å². The minimum atomic E-state index is -1.61. The van der Waals surface area contributed by atoms with Crippen LogP contribution in [0, 0.1) is 15.5 Å². The van der Waals surface area contributed by atoms with Crippen LogP contribution in [0.5, 0.6) is 0 Å². The quantitative estimate of drug-likeness (QED) is 0.277. The highest BCUT2D eigenvalue weighted by atomic mass is 35.5. The van der Waals surface area contributed by atoms with E-state index in [1.807, 2.05) is 17.1 Å². The summed E-state index contributed by atoms with van der Waals surface area (Å²) < 4.78 is 0. The zero-order chi connectivity index (χ0) is 25.4. The third-order valence-corrected chi connectivity index (χ3v) is 7.88. The molecule has 1 saturated heterocycles. The summed E-state index contributed by atoms with van der Waals surface area (Å²) in [7, 11) is 0. The van der Waals surface area contributed by atoms with Crippen LogP contribution in [0.1, 0.15) is 44.7 Å². The van der Waals surface area contributed by atoms with Crippen LogP contribution in [0.2, 0.25) is 5.02 Å². The second kappa shape index (κ2) is 7.70. The molecular weight excluding hydrogens is 480 g/mol. The van der Waals surface area contributed by atoms with Gasteiger partial charge in [0.15, 0.2) is 17.3 Å². The summed E-state index contributed by atoms with van der Waals surface area (Å²) in [5.41, 5.74) is 0.933. The van der Waals surface area contributed by atoms with Gasteiger partial charge in [0, 0.05) is 39.9 Å². The maximum Gasteiger partial charge on any atom is 0.269 e. The normalized spacial score (nSPS) is 22.9. The number of Topliss-reactive ketones (excluding diaryl/α,β-unsaturated/α-hetero) is 3. The minimum absolute atomic E-state index is 0.116. The summed E-state index contributed by atoms with van der Waals surface area (Å²) in [6.07, 6.45) is 3.64. The molecule has 1 fully saturated rings. The topological polar surface area (TPSA) is 97.6 Å². The monoisotopic (exact) mass is 498 g/mol. The number of carbonyl (C=O) groups is 3. The third-order valence-electron chi connectivity index (χ3n) is 7.65. The lowest BCUT2D eigenvalue weighted by Crippen LogP contribution is -2.48. The average molecular weight is 499 g/mol. The number of nitro groups is 1. The Morgan fingerprint density at radius 1 is 1.00 bits per heavy atom. The highest BCUT2D eigenvalue weighted by molar-refractivity contribution is 6.32. The molecule has 3 aromatic carbocycles. The van der Waals surface area contributed by atoms with E-state index in [1.54, 1.807) is 54.6 Å². The van der Waals surface area contributed by atoms with Gasteiger partial charge in [-0.25, -0.2) is 0 Å². The van der Waals surface area contributed by atoms with Crippen molar-refractivity contribution in [2.75, 3.05) is 4.90 Å². The lowest BCUT2D eigenvalue weighted by atomic mass is 9.64. The molecule has 0 amide bonds. The molecule has 1 aliphatic carbocycles. The first kappa shape index (κ1) is 22.4. The Balaban J connectivity index is 1.66. The lowest BCUT2D eigenvalue weighted by molar-refractivity contribution is -0.384. The van der Waals surface area contributed by atoms with E-state index in [-0.39, 0.29) is 23.0 Å². The first-order chi connectivity index (χ1) is 17.3. The highest BCUT2D eigenvalue weighted by Crippen LogP contribution is 2.60. The number of anilines is 1. The lowest BCUT2D eigenvalue weighted by Gasteiger charge is -2.37. The Kier molecular flexibility index (Phi) is 4.78. The Labute approximate surface area is 211 Å². The van der Waals surface area contributed by atoms with Crippen molar-refractivity contribution in [3.05, 3.63) is 110 Å². The standard InChI is InChI=1S/C28H19ClN2O5/c1-15(32)25-24(16-6-10-19(11-7-16)31(35)36)28(26(33)20-4-2-3-5-21(20)27(28)34)23-13-8-17-14-18(29)9-12-22(17)30(23)25/h2-14,23-25H,1H3/t23-,24-,25+/m1/s1. The molecule has 3 aliphatic rings. The van der Waals surface area contributed by atoms with Crippen LogP contribution in [0.3, 0.4) is 0 Å². The van der Waals surface area contributed by atoms with E-state index in [2.05, 4.69) is 0 Å². The van der Waals surface area contributed by atoms with Gasteiger partial charge < -0.3 is 4.90 Å². The number of non-ortho nitro benzene ring substituents is 1. The van der Waals surface area contributed by atoms with E-state index in [4.69, 9.17) is 11.6 Å². The SMILES string of the molecule is CC(=O)[C@H]1[C@@H](c2ccc([N+](=O)[O-])cc2)C2(C(=O)c3ccccc3C2=O)[C@H]2C=Cc3cc(Cl)ccc3N12. The highest BCUT2D eigenvalue weighted by Gasteiger charge is 2.71. The van der Waals surface area contributed by atoms with Gasteiger partial charge in [-0.15, -0.1) is 0 Å². The molecule has 0 radical (unpaired) electrons. The second-order valence-corrected chi connectivity index (χ2v) is 9.81. The van der Waals surface area contributed by atoms with E-state index in [1.165, 1.54) is 19.1 Å². The Morgan fingerprint density at radius 2 is 1.64 bits per heavy atom. The van der Waals surface area contributed by atoms with E-state index in [9.17, 15) is 24.5 Å². The fourth-order valence-corrected chi connectivity index (χ4v) is 6.46. The smallest absolute Gasteiger partial charge is 0.269 e. The number of hydrogen-bond donors (Lipinski definition) is 0. The summed E-state index contributed by atoms with van der Waals surface area (Å²) in [5.74, 6) is -1.76. The predicted octanol–water partition coefficient (Wildman–Crippen LogP) is 5.27. The van der Waals surface area contributed by atoms with Crippen LogP contribution < -0.4 is 4.90 Å². The van der Waals surface area contributed by atoms with Crippen LogP contribution in [0.4, 0.5) is 11.4 Å². The summed E-state index contributed by atoms with van der Waals surface area (Å²) in [6, 6.07) is 16.2. The summed E-state index contributed by atoms with van der Waals surface area (Å²) in [4.78, 5) is 54.5. The Hall–Kier alpha value is -4.10. The van der Waals surface area contributed by atoms with Crippen molar-refractivity contribution in [1.82, 2.24) is 0 Å². The van der Waals surface area contributed by atoms with Gasteiger partial charge in [-0.2, -0.15) is 0 Å². The van der Waals surface area contributed by atoms with E-state index in [0.29, 0.717) is 27.4 Å². The van der Waals surface area contributed by atoms with Crippen molar-refractivity contribution in [2.24, 2.45) is 5.41 Å². The number of rotatable bonds is 3. The summed E-state index contributed by atoms with van der Waals surface area (Å²) in [6.45, 7) is 1.45. The molecule has 0 unspecified atom stereocenters. The van der Waals surface area contributed by atoms with Gasteiger partial charge in [0.25, 0.3) is 5.69 Å². The van der Waals surface area contributed by atoms with Gasteiger partial charge in [-0.1, -0.05) is 60.2 Å². The molecule has 3 atom stereocenters. The number of nitro benzene ring substituents is 1. The molecule has 0 bridgehead atoms. The van der Waals surface area contributed by atoms with E-state index in [0.717, 1.165) is 5.56 Å². The van der Waals surface area contributed by atoms with Crippen LogP contribution in [-0.2, 0) is 4.79 Å². The Bertz CT molecular complexity index is 1490. The Morgan fingerprint density at radius 3 is 2.22 bits per heavy atom. The molecule has 8 heteroatoms. The summed E-state index contributed by atoms with van der Waals surface area (Å²) in [5, 5.41) is 11.8. The van der Waals surface area contributed by atoms with E-state index < -0.39 is 28.3 Å². The first-order valence-corrected chi connectivity index (χ1v) is 11.8. The van der Waals surface area contributed by atoms with Crippen LogP contribution >= 0.6 is 11.6 Å². The molecular formula is C28H19ClN2O5. The first-order valence-electron chi connectivity index (χ1n) is 11.5. The summed E-state index contributed by atoms with van der Waals surface area (Å²) >= 11 is 6.23. The van der Waals surface area contributed by atoms with Gasteiger partial charge in [0.2, 0.25) is 0 Å². The molecule has 0 saturated carbocycles. The molecule has 178 valence electrons. The number of ketones is 3. The maximum absolute atomic E-state index is 14.3. The predicted molar refractivity (Wildman–Crippen MR) is 135 cm³/mol. The second-order valence-electron chi connectivity index (χ2n) is 9.37. The van der Waals surface area contributed by atoms with Gasteiger partial charge in [0.05, 0.1) is 17.0 Å². The molecule has 1 spiro atoms.